The molecule has 0 saturated carbocycles. The lowest BCUT2D eigenvalue weighted by Gasteiger charge is -2.04. The third-order valence-corrected chi connectivity index (χ3v) is 3.51. The van der Waals surface area contributed by atoms with Gasteiger partial charge >= 0.3 is 5.69 Å². The molecule has 104 valence electrons. The molecule has 0 saturated heterocycles. The molecule has 1 rings (SSSR count). The lowest BCUT2D eigenvalue weighted by Crippen LogP contribution is -2.30. The molecule has 0 amide bonds. The van der Waals surface area contributed by atoms with Crippen LogP contribution in [-0.4, -0.2) is 42.7 Å². The molecule has 0 unspecified atom stereocenters. The summed E-state index contributed by atoms with van der Waals surface area (Å²) in [6.45, 7) is 4.32. The van der Waals surface area contributed by atoms with Gasteiger partial charge in [0.05, 0.1) is 5.75 Å². The van der Waals surface area contributed by atoms with E-state index in [9.17, 15) is 13.2 Å². The molecule has 0 aromatic carbocycles. The minimum Gasteiger partial charge on any atom is -0.314 e. The predicted octanol–water partition coefficient (Wildman–Crippen LogP) is -0.306. The van der Waals surface area contributed by atoms with Crippen LogP contribution in [0.2, 0.25) is 0 Å². The zero-order valence-electron chi connectivity index (χ0n) is 10.9. The van der Waals surface area contributed by atoms with Crippen LogP contribution in [0.1, 0.15) is 13.3 Å². The van der Waals surface area contributed by atoms with Gasteiger partial charge in [0, 0.05) is 44.8 Å². The molecule has 0 spiro atoms. The fourth-order valence-corrected chi connectivity index (χ4v) is 2.13. The number of imidazole rings is 1. The molecular formula is C11H21N3O3S. The van der Waals surface area contributed by atoms with Crippen LogP contribution in [0.15, 0.2) is 17.2 Å². The van der Waals surface area contributed by atoms with Crippen molar-refractivity contribution in [1.82, 2.24) is 14.5 Å². The lowest BCUT2D eigenvalue weighted by atomic mass is 10.5. The Hall–Kier alpha value is -1.08. The van der Waals surface area contributed by atoms with Crippen LogP contribution in [0.3, 0.4) is 0 Å². The van der Waals surface area contributed by atoms with E-state index in [0.29, 0.717) is 19.6 Å². The third-order valence-electron chi connectivity index (χ3n) is 2.56. The monoisotopic (exact) mass is 275 g/mol. The topological polar surface area (TPSA) is 73.1 Å². The zero-order valence-corrected chi connectivity index (χ0v) is 11.7. The van der Waals surface area contributed by atoms with Gasteiger partial charge in [-0.15, -0.1) is 0 Å². The van der Waals surface area contributed by atoms with Crippen molar-refractivity contribution in [3.05, 3.63) is 22.9 Å². The Labute approximate surface area is 108 Å². The van der Waals surface area contributed by atoms with Gasteiger partial charge in [0.15, 0.2) is 0 Å². The lowest BCUT2D eigenvalue weighted by molar-refractivity contribution is 0.565. The van der Waals surface area contributed by atoms with E-state index in [2.05, 4.69) is 5.32 Å². The minimum absolute atomic E-state index is 0.0123. The van der Waals surface area contributed by atoms with E-state index < -0.39 is 9.84 Å². The summed E-state index contributed by atoms with van der Waals surface area (Å²) in [6, 6.07) is 0. The van der Waals surface area contributed by atoms with Crippen molar-refractivity contribution in [3.8, 4) is 0 Å². The first-order valence-electron chi connectivity index (χ1n) is 6.08. The molecule has 0 fully saturated rings. The Bertz CT molecular complexity index is 516. The number of hydrogen-bond acceptors (Lipinski definition) is 4. The van der Waals surface area contributed by atoms with Crippen LogP contribution in [0, 0.1) is 0 Å². The van der Waals surface area contributed by atoms with Crippen molar-refractivity contribution in [3.63, 3.8) is 0 Å². The Morgan fingerprint density at radius 3 is 2.33 bits per heavy atom. The molecule has 18 heavy (non-hydrogen) atoms. The van der Waals surface area contributed by atoms with Gasteiger partial charge in [-0.05, 0) is 6.42 Å². The van der Waals surface area contributed by atoms with E-state index in [1.165, 1.54) is 6.26 Å². The van der Waals surface area contributed by atoms with Crippen LogP contribution >= 0.6 is 0 Å². The van der Waals surface area contributed by atoms with Crippen molar-refractivity contribution in [1.29, 1.82) is 0 Å². The van der Waals surface area contributed by atoms with Crippen LogP contribution in [0.25, 0.3) is 0 Å². The summed E-state index contributed by atoms with van der Waals surface area (Å²) in [4.78, 5) is 11.8. The summed E-state index contributed by atoms with van der Waals surface area (Å²) in [5.41, 5.74) is -0.0123. The number of nitrogens with one attached hydrogen (secondary N) is 1. The highest BCUT2D eigenvalue weighted by atomic mass is 32.2. The predicted molar refractivity (Wildman–Crippen MR) is 71.6 cm³/mol. The van der Waals surface area contributed by atoms with E-state index in [1.54, 1.807) is 21.5 Å². The molecule has 0 aliphatic rings. The third kappa shape index (κ3) is 5.05. The molecule has 0 aliphatic heterocycles. The number of hydrogen-bond donors (Lipinski definition) is 1. The van der Waals surface area contributed by atoms with Crippen LogP contribution in [0.4, 0.5) is 0 Å². The van der Waals surface area contributed by atoms with Crippen molar-refractivity contribution >= 4 is 9.84 Å². The van der Waals surface area contributed by atoms with Crippen LogP contribution in [-0.2, 0) is 22.9 Å². The van der Waals surface area contributed by atoms with E-state index in [1.807, 2.05) is 6.92 Å². The van der Waals surface area contributed by atoms with Gasteiger partial charge in [-0.25, -0.2) is 13.2 Å². The van der Waals surface area contributed by atoms with Gasteiger partial charge in [0.1, 0.15) is 9.84 Å². The van der Waals surface area contributed by atoms with Crippen molar-refractivity contribution in [2.45, 2.75) is 26.4 Å². The normalized spacial score (nSPS) is 11.9. The summed E-state index contributed by atoms with van der Waals surface area (Å²) in [7, 11) is -2.92. The molecule has 0 atom stereocenters. The second-order valence-corrected chi connectivity index (χ2v) is 6.61. The van der Waals surface area contributed by atoms with Crippen molar-refractivity contribution < 1.29 is 8.42 Å². The number of rotatable bonds is 8. The van der Waals surface area contributed by atoms with E-state index >= 15 is 0 Å². The average Bonchev–Trinajstić information content (AvgIpc) is 2.60. The number of nitrogens with zero attached hydrogens (tertiary/aromatic N) is 2. The largest absolute Gasteiger partial charge is 0.328 e. The van der Waals surface area contributed by atoms with Gasteiger partial charge < -0.3 is 5.32 Å². The summed E-state index contributed by atoms with van der Waals surface area (Å²) < 4.78 is 25.1. The standard InChI is InChI=1S/C11H21N3O3S/c1-3-6-13-8-9-14(11(13)15)7-4-12-5-10-18(2,16)17/h8-9,12H,3-7,10H2,1-2H3. The molecule has 0 aliphatic carbocycles. The second-order valence-electron chi connectivity index (χ2n) is 4.35. The Balaban J connectivity index is 2.34. The maximum Gasteiger partial charge on any atom is 0.328 e. The number of aryl methyl sites for hydroxylation is 1. The summed E-state index contributed by atoms with van der Waals surface area (Å²) in [5, 5.41) is 3.01. The van der Waals surface area contributed by atoms with Crippen LogP contribution < -0.4 is 11.0 Å². The van der Waals surface area contributed by atoms with E-state index in [4.69, 9.17) is 0 Å². The minimum atomic E-state index is -2.92. The van der Waals surface area contributed by atoms with Gasteiger partial charge in [-0.2, -0.15) is 0 Å². The number of aromatic nitrogens is 2. The molecule has 1 aromatic rings. The van der Waals surface area contributed by atoms with Gasteiger partial charge in [-0.1, -0.05) is 6.92 Å². The molecule has 6 nitrogen and oxygen atoms in total. The fraction of sp³-hybridized carbons (Fsp3) is 0.727. The highest BCUT2D eigenvalue weighted by molar-refractivity contribution is 7.90. The summed E-state index contributed by atoms with van der Waals surface area (Å²) >= 11 is 0. The first kappa shape index (κ1) is 15.0. The quantitative estimate of drug-likeness (QED) is 0.661. The molecule has 7 heteroatoms. The molecule has 1 aromatic heterocycles. The fourth-order valence-electron chi connectivity index (χ4n) is 1.62. The second kappa shape index (κ2) is 6.75. The van der Waals surface area contributed by atoms with Crippen molar-refractivity contribution in [2.75, 3.05) is 25.1 Å². The van der Waals surface area contributed by atoms with E-state index in [0.717, 1.165) is 13.0 Å². The molecular weight excluding hydrogens is 254 g/mol. The molecule has 1 heterocycles. The Morgan fingerprint density at radius 2 is 1.78 bits per heavy atom. The Kier molecular flexibility index (Phi) is 5.61. The van der Waals surface area contributed by atoms with Gasteiger partial charge in [0.2, 0.25) is 0 Å². The maximum atomic E-state index is 11.8. The summed E-state index contributed by atoms with van der Waals surface area (Å²) in [6.07, 6.45) is 5.68. The van der Waals surface area contributed by atoms with Gasteiger partial charge in [-0.3, -0.25) is 9.13 Å². The Morgan fingerprint density at radius 1 is 1.17 bits per heavy atom. The molecule has 1 N–H and O–H groups in total. The SMILES string of the molecule is CCCn1ccn(CCNCCS(C)(=O)=O)c1=O. The molecule has 0 bridgehead atoms. The highest BCUT2D eigenvalue weighted by Gasteiger charge is 2.03. The number of sulfone groups is 1. The van der Waals surface area contributed by atoms with Gasteiger partial charge in [0.25, 0.3) is 0 Å². The zero-order chi connectivity index (χ0) is 13.6. The van der Waals surface area contributed by atoms with Crippen LogP contribution in [0.5, 0.6) is 0 Å². The summed E-state index contributed by atoms with van der Waals surface area (Å²) in [5.74, 6) is 0.124. The van der Waals surface area contributed by atoms with E-state index in [-0.39, 0.29) is 11.4 Å². The van der Waals surface area contributed by atoms with Crippen molar-refractivity contribution in [2.24, 2.45) is 0 Å². The molecule has 0 radical (unpaired) electrons. The average molecular weight is 275 g/mol. The smallest absolute Gasteiger partial charge is 0.314 e. The first-order valence-corrected chi connectivity index (χ1v) is 8.14. The first-order chi connectivity index (χ1) is 8.44. The highest BCUT2D eigenvalue weighted by Crippen LogP contribution is 1.88. The maximum absolute atomic E-state index is 11.8.